The molecule has 3 fully saturated rings. The average Bonchev–Trinajstić information content (AvgIpc) is 2.95. The lowest BCUT2D eigenvalue weighted by Crippen LogP contribution is -2.66. The Morgan fingerprint density at radius 1 is 1.00 bits per heavy atom. The molecule has 0 aliphatic carbocycles. The van der Waals surface area contributed by atoms with Crippen molar-refractivity contribution in [3.8, 4) is 0 Å². The van der Waals surface area contributed by atoms with E-state index in [1.165, 1.54) is 18.2 Å². The molecule has 0 saturated carbocycles. The molecule has 198 valence electrons. The van der Waals surface area contributed by atoms with E-state index in [9.17, 15) is 19.1 Å². The Bertz CT molecular complexity index is 1260. The summed E-state index contributed by atoms with van der Waals surface area (Å²) in [6, 6.07) is 21.7. The number of fused-ring (bicyclic) bond motifs is 3. The lowest BCUT2D eigenvalue weighted by Gasteiger charge is -2.52. The zero-order valence-electron chi connectivity index (χ0n) is 21.0. The summed E-state index contributed by atoms with van der Waals surface area (Å²) in [4.78, 5) is 26.2. The van der Waals surface area contributed by atoms with Crippen molar-refractivity contribution in [2.45, 2.75) is 24.5 Å². The normalized spacial score (nSPS) is 22.6. The van der Waals surface area contributed by atoms with Crippen LogP contribution in [0.2, 0.25) is 5.02 Å². The fourth-order valence-electron chi connectivity index (χ4n) is 5.80. The Labute approximate surface area is 226 Å². The predicted octanol–water partition coefficient (Wildman–Crippen LogP) is 4.30. The van der Waals surface area contributed by atoms with Gasteiger partial charge in [-0.15, -0.1) is 0 Å². The number of esters is 1. The maximum Gasteiger partial charge on any atom is 0.348 e. The Kier molecular flexibility index (Phi) is 7.52. The third-order valence-electron chi connectivity index (χ3n) is 8.03. The van der Waals surface area contributed by atoms with Gasteiger partial charge in [0.25, 0.3) is 5.91 Å². The first kappa shape index (κ1) is 26.4. The van der Waals surface area contributed by atoms with Crippen LogP contribution in [0.15, 0.2) is 78.9 Å². The number of aliphatic hydroxyl groups is 1. The number of ether oxygens (including phenoxy) is 1. The molecule has 3 saturated heterocycles. The summed E-state index contributed by atoms with van der Waals surface area (Å²) in [5, 5.41) is 14.6. The van der Waals surface area contributed by atoms with E-state index in [-0.39, 0.29) is 23.0 Å². The van der Waals surface area contributed by atoms with Crippen LogP contribution in [0.1, 0.15) is 34.3 Å². The van der Waals surface area contributed by atoms with Gasteiger partial charge >= 0.3 is 5.97 Å². The standard InChI is InChI=1S/C30H30ClFN2O4/c31-25-19-22(11-12-26(25)32)28(35)33-15-18-34-16-13-21(14-17-34)27(20-34)38-29(36)30(37,23-7-3-1-4-8-23)24-9-5-2-6-10-24/h1-12,19,21,27,37H,13-18,20H2/p+1/t21?,27-,34?/m0/s1. The monoisotopic (exact) mass is 537 g/mol. The molecule has 3 heterocycles. The Balaban J connectivity index is 1.27. The van der Waals surface area contributed by atoms with Crippen LogP contribution >= 0.6 is 11.6 Å². The number of rotatable bonds is 8. The molecule has 0 spiro atoms. The molecule has 3 aromatic rings. The van der Waals surface area contributed by atoms with E-state index in [0.29, 0.717) is 36.3 Å². The summed E-state index contributed by atoms with van der Waals surface area (Å²) in [7, 11) is 0. The van der Waals surface area contributed by atoms with Gasteiger partial charge in [0.15, 0.2) is 6.10 Å². The van der Waals surface area contributed by atoms with Crippen molar-refractivity contribution in [2.75, 3.05) is 32.7 Å². The van der Waals surface area contributed by atoms with E-state index in [2.05, 4.69) is 5.32 Å². The largest absolute Gasteiger partial charge is 0.453 e. The highest BCUT2D eigenvalue weighted by Crippen LogP contribution is 2.38. The topological polar surface area (TPSA) is 75.6 Å². The number of hydrogen-bond donors (Lipinski definition) is 2. The number of piperidine rings is 3. The Morgan fingerprint density at radius 2 is 1.61 bits per heavy atom. The number of halogens is 2. The van der Waals surface area contributed by atoms with Crippen molar-refractivity contribution in [1.82, 2.24) is 5.32 Å². The van der Waals surface area contributed by atoms with Crippen molar-refractivity contribution < 1.29 is 28.3 Å². The molecule has 3 aliphatic heterocycles. The zero-order valence-corrected chi connectivity index (χ0v) is 21.7. The quantitative estimate of drug-likeness (QED) is 0.332. The van der Waals surface area contributed by atoms with Crippen molar-refractivity contribution in [2.24, 2.45) is 5.92 Å². The summed E-state index contributed by atoms with van der Waals surface area (Å²) in [5.74, 6) is -1.31. The number of carbonyl (C=O) groups is 2. The van der Waals surface area contributed by atoms with Crippen LogP contribution in [-0.4, -0.2) is 60.3 Å². The third kappa shape index (κ3) is 5.19. The van der Waals surface area contributed by atoms with Gasteiger partial charge in [0.2, 0.25) is 5.60 Å². The van der Waals surface area contributed by atoms with Gasteiger partial charge in [0.05, 0.1) is 31.2 Å². The van der Waals surface area contributed by atoms with Crippen LogP contribution in [0, 0.1) is 11.7 Å². The highest BCUT2D eigenvalue weighted by atomic mass is 35.5. The molecule has 2 N–H and O–H groups in total. The molecular weight excluding hydrogens is 507 g/mol. The van der Waals surface area contributed by atoms with Gasteiger partial charge in [-0.3, -0.25) is 4.79 Å². The van der Waals surface area contributed by atoms with E-state index in [4.69, 9.17) is 16.3 Å². The van der Waals surface area contributed by atoms with Crippen molar-refractivity contribution >= 4 is 23.5 Å². The zero-order chi connectivity index (χ0) is 26.8. The van der Waals surface area contributed by atoms with Gasteiger partial charge in [-0.25, -0.2) is 9.18 Å². The van der Waals surface area contributed by atoms with E-state index >= 15 is 0 Å². The van der Waals surface area contributed by atoms with Crippen LogP contribution < -0.4 is 5.32 Å². The molecule has 38 heavy (non-hydrogen) atoms. The Hall–Kier alpha value is -3.26. The second-order valence-corrected chi connectivity index (χ2v) is 10.7. The number of benzene rings is 3. The van der Waals surface area contributed by atoms with Gasteiger partial charge in [-0.2, -0.15) is 0 Å². The van der Waals surface area contributed by atoms with Crippen LogP contribution in [0.25, 0.3) is 0 Å². The molecule has 3 aromatic carbocycles. The fraction of sp³-hybridized carbons (Fsp3) is 0.333. The van der Waals surface area contributed by atoms with Crippen LogP contribution in [0.3, 0.4) is 0 Å². The molecule has 1 atom stereocenters. The summed E-state index contributed by atoms with van der Waals surface area (Å²) in [5.41, 5.74) is -0.680. The van der Waals surface area contributed by atoms with Gasteiger partial charge < -0.3 is 19.6 Å². The van der Waals surface area contributed by atoms with Crippen LogP contribution in [-0.2, 0) is 15.1 Å². The average molecular weight is 538 g/mol. The lowest BCUT2D eigenvalue weighted by molar-refractivity contribution is -0.945. The number of amides is 1. The molecule has 8 heteroatoms. The van der Waals surface area contributed by atoms with Crippen LogP contribution in [0.5, 0.6) is 0 Å². The minimum absolute atomic E-state index is 0.0896. The second kappa shape index (κ2) is 10.8. The lowest BCUT2D eigenvalue weighted by atomic mass is 9.82. The first-order valence-corrected chi connectivity index (χ1v) is 13.3. The number of quaternary nitrogens is 1. The van der Waals surface area contributed by atoms with E-state index in [1.54, 1.807) is 48.5 Å². The first-order valence-electron chi connectivity index (χ1n) is 12.9. The second-order valence-electron chi connectivity index (χ2n) is 10.3. The molecule has 0 aromatic heterocycles. The van der Waals surface area contributed by atoms with Gasteiger partial charge in [0.1, 0.15) is 12.4 Å². The number of carbonyl (C=O) groups excluding carboxylic acids is 2. The smallest absolute Gasteiger partial charge is 0.348 e. The molecule has 3 aliphatic rings. The van der Waals surface area contributed by atoms with Crippen molar-refractivity contribution in [3.05, 3.63) is 106 Å². The molecule has 0 radical (unpaired) electrons. The number of nitrogens with zero attached hydrogens (tertiary/aromatic N) is 1. The summed E-state index contributed by atoms with van der Waals surface area (Å²) < 4.78 is 20.3. The summed E-state index contributed by atoms with van der Waals surface area (Å²) >= 11 is 5.81. The highest BCUT2D eigenvalue weighted by molar-refractivity contribution is 6.31. The van der Waals surface area contributed by atoms with E-state index in [1.807, 2.05) is 12.1 Å². The molecular formula is C30H31ClFN2O4+. The van der Waals surface area contributed by atoms with Crippen molar-refractivity contribution in [3.63, 3.8) is 0 Å². The van der Waals surface area contributed by atoms with Crippen LogP contribution in [0.4, 0.5) is 4.39 Å². The maximum absolute atomic E-state index is 13.7. The SMILES string of the molecule is O=C(NCC[N+]12CCC(CC1)[C@@H](OC(=O)C(O)(c1ccccc1)c1ccccc1)C2)c1ccc(F)c(Cl)c1. The molecule has 6 rings (SSSR count). The number of nitrogens with one attached hydrogen (secondary N) is 1. The minimum atomic E-state index is -1.91. The summed E-state index contributed by atoms with van der Waals surface area (Å²) in [6.07, 6.45) is 1.50. The Morgan fingerprint density at radius 3 is 2.18 bits per heavy atom. The van der Waals surface area contributed by atoms with E-state index in [0.717, 1.165) is 30.4 Å². The molecule has 1 amide bonds. The number of hydrogen-bond acceptors (Lipinski definition) is 4. The first-order chi connectivity index (χ1) is 18.3. The molecule has 6 nitrogen and oxygen atoms in total. The van der Waals surface area contributed by atoms with Gasteiger partial charge in [-0.05, 0) is 29.3 Å². The maximum atomic E-state index is 13.7. The van der Waals surface area contributed by atoms with Gasteiger partial charge in [0, 0.05) is 24.3 Å². The van der Waals surface area contributed by atoms with E-state index < -0.39 is 17.4 Å². The fourth-order valence-corrected chi connectivity index (χ4v) is 5.98. The van der Waals surface area contributed by atoms with Gasteiger partial charge in [-0.1, -0.05) is 72.3 Å². The molecule has 2 bridgehead atoms. The minimum Gasteiger partial charge on any atom is -0.453 e. The molecule has 0 unspecified atom stereocenters. The summed E-state index contributed by atoms with van der Waals surface area (Å²) in [6.45, 7) is 3.63. The highest BCUT2D eigenvalue weighted by Gasteiger charge is 2.50. The predicted molar refractivity (Wildman–Crippen MR) is 142 cm³/mol. The van der Waals surface area contributed by atoms with Crippen molar-refractivity contribution in [1.29, 1.82) is 0 Å². The third-order valence-corrected chi connectivity index (χ3v) is 8.32.